The van der Waals surface area contributed by atoms with Gasteiger partial charge in [-0.15, -0.1) is 12.4 Å². The molecule has 0 bridgehead atoms. The summed E-state index contributed by atoms with van der Waals surface area (Å²) in [5, 5.41) is 17.8. The molecule has 1 aromatic rings. The van der Waals surface area contributed by atoms with Crippen molar-refractivity contribution in [2.24, 2.45) is 5.73 Å². The first kappa shape index (κ1) is 12.4. The van der Waals surface area contributed by atoms with Crippen LogP contribution in [0.1, 0.15) is 11.6 Å². The third kappa shape index (κ3) is 3.32. The molecule has 74 valence electrons. The molecule has 0 radical (unpaired) electrons. The summed E-state index contributed by atoms with van der Waals surface area (Å²) in [4.78, 5) is 0. The Balaban J connectivity index is 0.00000144. The maximum Gasteiger partial charge on any atom is 0.0962 e. The van der Waals surface area contributed by atoms with Gasteiger partial charge >= 0.3 is 0 Å². The lowest BCUT2D eigenvalue weighted by Gasteiger charge is -2.16. The van der Waals surface area contributed by atoms with Crippen molar-refractivity contribution in [3.05, 3.63) is 35.9 Å². The summed E-state index contributed by atoms with van der Waals surface area (Å²) in [6.07, 6.45) is -0.882. The van der Waals surface area contributed by atoms with E-state index in [4.69, 9.17) is 10.8 Å². The number of hydrogen-bond donors (Lipinski definition) is 3. The highest BCUT2D eigenvalue weighted by Crippen LogP contribution is 2.12. The maximum absolute atomic E-state index is 9.20. The Kier molecular flexibility index (Phi) is 5.66. The highest BCUT2D eigenvalue weighted by Gasteiger charge is 2.14. The molecule has 1 aromatic carbocycles. The zero-order valence-electron chi connectivity index (χ0n) is 7.13. The fourth-order valence-corrected chi connectivity index (χ4v) is 1.01. The van der Waals surface area contributed by atoms with Crippen LogP contribution in [0.4, 0.5) is 0 Å². The van der Waals surface area contributed by atoms with Crippen LogP contribution in [0.15, 0.2) is 30.3 Å². The van der Waals surface area contributed by atoms with Crippen LogP contribution in [0.5, 0.6) is 0 Å². The molecule has 0 heterocycles. The molecular formula is C9H14ClNO2. The summed E-state index contributed by atoms with van der Waals surface area (Å²) >= 11 is 0. The molecule has 4 N–H and O–H groups in total. The predicted octanol–water partition coefficient (Wildman–Crippen LogP) is 0.461. The van der Waals surface area contributed by atoms with E-state index in [-0.39, 0.29) is 19.0 Å². The first-order valence-corrected chi connectivity index (χ1v) is 3.85. The number of nitrogens with two attached hydrogens (primary N) is 1. The second-order valence-corrected chi connectivity index (χ2v) is 2.69. The number of aliphatic hydroxyl groups excluding tert-OH is 2. The predicted molar refractivity (Wildman–Crippen MR) is 53.7 cm³/mol. The molecule has 0 aliphatic rings. The van der Waals surface area contributed by atoms with E-state index < -0.39 is 12.1 Å². The molecule has 0 aliphatic carbocycles. The maximum atomic E-state index is 9.20. The summed E-state index contributed by atoms with van der Waals surface area (Å²) in [5.41, 5.74) is 6.47. The van der Waals surface area contributed by atoms with Crippen molar-refractivity contribution >= 4 is 12.4 Å². The standard InChI is InChI=1S/C9H13NO2.ClH/c10-9(8(12)6-11)7-4-2-1-3-5-7;/h1-5,8-9,11-12H,6,10H2;1H/t8-,9+;/m0./s1. The van der Waals surface area contributed by atoms with Crippen molar-refractivity contribution in [3.63, 3.8) is 0 Å². The van der Waals surface area contributed by atoms with Crippen molar-refractivity contribution in [2.45, 2.75) is 12.1 Å². The van der Waals surface area contributed by atoms with Crippen LogP contribution in [-0.2, 0) is 0 Å². The largest absolute Gasteiger partial charge is 0.394 e. The smallest absolute Gasteiger partial charge is 0.0962 e. The third-order valence-corrected chi connectivity index (χ3v) is 1.79. The fraction of sp³-hybridized carbons (Fsp3) is 0.333. The van der Waals surface area contributed by atoms with Crippen LogP contribution in [0.25, 0.3) is 0 Å². The van der Waals surface area contributed by atoms with E-state index >= 15 is 0 Å². The van der Waals surface area contributed by atoms with Crippen LogP contribution in [-0.4, -0.2) is 22.9 Å². The molecule has 0 aromatic heterocycles. The van der Waals surface area contributed by atoms with Crippen molar-refractivity contribution in [3.8, 4) is 0 Å². The van der Waals surface area contributed by atoms with Gasteiger partial charge < -0.3 is 15.9 Å². The summed E-state index contributed by atoms with van der Waals surface area (Å²) < 4.78 is 0. The summed E-state index contributed by atoms with van der Waals surface area (Å²) in [6.45, 7) is -0.309. The number of halogens is 1. The molecule has 0 saturated heterocycles. The minimum Gasteiger partial charge on any atom is -0.394 e. The van der Waals surface area contributed by atoms with Crippen molar-refractivity contribution < 1.29 is 10.2 Å². The van der Waals surface area contributed by atoms with Gasteiger partial charge in [0, 0.05) is 0 Å². The lowest BCUT2D eigenvalue weighted by molar-refractivity contribution is 0.0741. The topological polar surface area (TPSA) is 66.5 Å². The Morgan fingerprint density at radius 1 is 1.23 bits per heavy atom. The van der Waals surface area contributed by atoms with Crippen molar-refractivity contribution in [2.75, 3.05) is 6.61 Å². The van der Waals surface area contributed by atoms with E-state index in [9.17, 15) is 5.11 Å². The van der Waals surface area contributed by atoms with Gasteiger partial charge in [0.25, 0.3) is 0 Å². The number of aliphatic hydroxyl groups is 2. The van der Waals surface area contributed by atoms with Crippen LogP contribution in [0.2, 0.25) is 0 Å². The second kappa shape index (κ2) is 5.94. The molecule has 3 nitrogen and oxygen atoms in total. The lowest BCUT2D eigenvalue weighted by Crippen LogP contribution is -2.28. The first-order valence-electron chi connectivity index (χ1n) is 3.85. The van der Waals surface area contributed by atoms with Gasteiger partial charge in [-0.1, -0.05) is 30.3 Å². The van der Waals surface area contributed by atoms with Crippen LogP contribution in [0, 0.1) is 0 Å². The van der Waals surface area contributed by atoms with E-state index in [1.165, 1.54) is 0 Å². The van der Waals surface area contributed by atoms with E-state index in [0.29, 0.717) is 0 Å². The Morgan fingerprint density at radius 3 is 2.23 bits per heavy atom. The van der Waals surface area contributed by atoms with Gasteiger partial charge in [-0.3, -0.25) is 0 Å². The Bertz CT molecular complexity index is 230. The van der Waals surface area contributed by atoms with E-state index in [1.807, 2.05) is 30.3 Å². The average Bonchev–Trinajstić information content (AvgIpc) is 2.17. The number of benzene rings is 1. The first-order chi connectivity index (χ1) is 5.75. The van der Waals surface area contributed by atoms with Gasteiger partial charge in [-0.05, 0) is 5.56 Å². The quantitative estimate of drug-likeness (QED) is 0.669. The molecule has 0 fully saturated rings. The SMILES string of the molecule is Cl.N[C@H](c1ccccc1)[C@@H](O)CO. The zero-order valence-corrected chi connectivity index (χ0v) is 7.95. The fourth-order valence-electron chi connectivity index (χ4n) is 1.01. The van der Waals surface area contributed by atoms with Crippen molar-refractivity contribution in [1.82, 2.24) is 0 Å². The van der Waals surface area contributed by atoms with E-state index in [0.717, 1.165) is 5.56 Å². The van der Waals surface area contributed by atoms with Gasteiger partial charge in [-0.2, -0.15) is 0 Å². The number of rotatable bonds is 3. The summed E-state index contributed by atoms with van der Waals surface area (Å²) in [5.74, 6) is 0. The molecule has 13 heavy (non-hydrogen) atoms. The molecule has 0 spiro atoms. The zero-order chi connectivity index (χ0) is 8.97. The minimum absolute atomic E-state index is 0. The minimum atomic E-state index is -0.882. The van der Waals surface area contributed by atoms with Crippen molar-refractivity contribution in [1.29, 1.82) is 0 Å². The van der Waals surface area contributed by atoms with E-state index in [1.54, 1.807) is 0 Å². The molecule has 0 unspecified atom stereocenters. The second-order valence-electron chi connectivity index (χ2n) is 2.69. The third-order valence-electron chi connectivity index (χ3n) is 1.79. The normalized spacial score (nSPS) is 14.4. The molecule has 0 saturated carbocycles. The van der Waals surface area contributed by atoms with Gasteiger partial charge in [-0.25, -0.2) is 0 Å². The Labute approximate surface area is 83.6 Å². The molecular weight excluding hydrogens is 190 g/mol. The van der Waals surface area contributed by atoms with Crippen LogP contribution in [0.3, 0.4) is 0 Å². The molecule has 0 aliphatic heterocycles. The molecule has 2 atom stereocenters. The van der Waals surface area contributed by atoms with E-state index in [2.05, 4.69) is 0 Å². The summed E-state index contributed by atoms with van der Waals surface area (Å²) in [7, 11) is 0. The number of hydrogen-bond acceptors (Lipinski definition) is 3. The Hall–Kier alpha value is -0.610. The highest BCUT2D eigenvalue weighted by molar-refractivity contribution is 5.85. The average molecular weight is 204 g/mol. The molecule has 0 amide bonds. The van der Waals surface area contributed by atoms with Crippen LogP contribution >= 0.6 is 12.4 Å². The van der Waals surface area contributed by atoms with Gasteiger partial charge in [0.1, 0.15) is 0 Å². The lowest BCUT2D eigenvalue weighted by atomic mass is 10.0. The summed E-state index contributed by atoms with van der Waals surface area (Å²) in [6, 6.07) is 8.71. The van der Waals surface area contributed by atoms with Gasteiger partial charge in [0.15, 0.2) is 0 Å². The Morgan fingerprint density at radius 2 is 1.77 bits per heavy atom. The van der Waals surface area contributed by atoms with Gasteiger partial charge in [0.05, 0.1) is 18.8 Å². The molecule has 1 rings (SSSR count). The molecule has 4 heteroatoms. The highest BCUT2D eigenvalue weighted by atomic mass is 35.5. The van der Waals surface area contributed by atoms with Crippen LogP contribution < -0.4 is 5.73 Å². The van der Waals surface area contributed by atoms with Gasteiger partial charge in [0.2, 0.25) is 0 Å². The monoisotopic (exact) mass is 203 g/mol.